The van der Waals surface area contributed by atoms with Gasteiger partial charge < -0.3 is 10.5 Å². The van der Waals surface area contributed by atoms with E-state index in [9.17, 15) is 8.42 Å². The molecule has 0 atom stereocenters. The van der Waals surface area contributed by atoms with Crippen molar-refractivity contribution in [1.82, 2.24) is 14.5 Å². The maximum atomic E-state index is 12.3. The van der Waals surface area contributed by atoms with E-state index in [1.165, 1.54) is 4.68 Å². The molecule has 0 saturated carbocycles. The Bertz CT molecular complexity index is 783. The van der Waals surface area contributed by atoms with E-state index in [2.05, 4.69) is 9.82 Å². The minimum absolute atomic E-state index is 0.107. The first-order valence-corrected chi connectivity index (χ1v) is 7.97. The molecular formula is C13H16N4O3S. The van der Waals surface area contributed by atoms with Crippen molar-refractivity contribution >= 4 is 15.8 Å². The number of aryl methyl sites for hydroxylation is 1. The van der Waals surface area contributed by atoms with Crippen LogP contribution in [0.25, 0.3) is 0 Å². The standard InChI is InChI=1S/C13H16N4O3S/c1-17-13(14)10(7-15-17)8-16-21(18,19)11-2-3-12-9(6-11)4-5-20-12/h2-3,6-7,16H,4-5,8,14H2,1H3. The molecule has 0 fully saturated rings. The summed E-state index contributed by atoms with van der Waals surface area (Å²) in [5, 5.41) is 3.98. The number of anilines is 1. The first-order chi connectivity index (χ1) is 9.97. The van der Waals surface area contributed by atoms with Crippen LogP contribution in [0.2, 0.25) is 0 Å². The topological polar surface area (TPSA) is 99.2 Å². The molecule has 0 saturated heterocycles. The Labute approximate surface area is 122 Å². The summed E-state index contributed by atoms with van der Waals surface area (Å²) in [7, 11) is -1.88. The molecule has 8 heteroatoms. The Morgan fingerprint density at radius 1 is 1.48 bits per heavy atom. The summed E-state index contributed by atoms with van der Waals surface area (Å²) < 4.78 is 34.0. The second-order valence-corrected chi connectivity index (χ2v) is 6.64. The fraction of sp³-hybridized carbons (Fsp3) is 0.308. The van der Waals surface area contributed by atoms with Crippen LogP contribution in [-0.4, -0.2) is 24.8 Å². The number of rotatable bonds is 4. The van der Waals surface area contributed by atoms with Crippen molar-refractivity contribution < 1.29 is 13.2 Å². The van der Waals surface area contributed by atoms with E-state index in [0.29, 0.717) is 18.0 Å². The largest absolute Gasteiger partial charge is 0.493 e. The van der Waals surface area contributed by atoms with Crippen molar-refractivity contribution in [3.05, 3.63) is 35.5 Å². The highest BCUT2D eigenvalue weighted by atomic mass is 32.2. The minimum Gasteiger partial charge on any atom is -0.493 e. The molecule has 0 radical (unpaired) electrons. The Balaban J connectivity index is 1.79. The van der Waals surface area contributed by atoms with Crippen molar-refractivity contribution in [2.45, 2.75) is 17.9 Å². The molecule has 1 aliphatic heterocycles. The molecule has 2 aromatic rings. The van der Waals surface area contributed by atoms with Gasteiger partial charge in [-0.1, -0.05) is 0 Å². The van der Waals surface area contributed by atoms with E-state index < -0.39 is 10.0 Å². The number of hydrogen-bond acceptors (Lipinski definition) is 5. The highest BCUT2D eigenvalue weighted by Gasteiger charge is 2.19. The molecule has 3 N–H and O–H groups in total. The molecule has 0 aliphatic carbocycles. The van der Waals surface area contributed by atoms with Crippen LogP contribution in [0.15, 0.2) is 29.3 Å². The summed E-state index contributed by atoms with van der Waals surface area (Å²) >= 11 is 0. The van der Waals surface area contributed by atoms with Gasteiger partial charge in [-0.05, 0) is 23.8 Å². The van der Waals surface area contributed by atoms with E-state index in [1.54, 1.807) is 31.4 Å². The zero-order valence-corrected chi connectivity index (χ0v) is 12.4. The summed E-state index contributed by atoms with van der Waals surface area (Å²) in [5.74, 6) is 1.20. The van der Waals surface area contributed by atoms with Gasteiger partial charge in [-0.25, -0.2) is 13.1 Å². The van der Waals surface area contributed by atoms with Gasteiger partial charge in [0.2, 0.25) is 10.0 Å². The van der Waals surface area contributed by atoms with E-state index >= 15 is 0 Å². The van der Waals surface area contributed by atoms with Gasteiger partial charge in [0.15, 0.2) is 0 Å². The molecule has 0 spiro atoms. The molecule has 21 heavy (non-hydrogen) atoms. The summed E-state index contributed by atoms with van der Waals surface area (Å²) in [4.78, 5) is 0.231. The second-order valence-electron chi connectivity index (χ2n) is 4.87. The smallest absolute Gasteiger partial charge is 0.240 e. The number of sulfonamides is 1. The van der Waals surface area contributed by atoms with Crippen LogP contribution >= 0.6 is 0 Å². The number of hydrogen-bond donors (Lipinski definition) is 2. The van der Waals surface area contributed by atoms with Gasteiger partial charge in [0.25, 0.3) is 0 Å². The summed E-state index contributed by atoms with van der Waals surface area (Å²) in [6, 6.07) is 4.88. The van der Waals surface area contributed by atoms with E-state index in [4.69, 9.17) is 10.5 Å². The van der Waals surface area contributed by atoms with Crippen LogP contribution in [0.4, 0.5) is 5.82 Å². The molecule has 1 aromatic heterocycles. The molecule has 7 nitrogen and oxygen atoms in total. The van der Waals surface area contributed by atoms with Crippen LogP contribution < -0.4 is 15.2 Å². The molecular weight excluding hydrogens is 292 g/mol. The highest BCUT2D eigenvalue weighted by molar-refractivity contribution is 7.89. The van der Waals surface area contributed by atoms with Gasteiger partial charge in [0.05, 0.1) is 17.7 Å². The van der Waals surface area contributed by atoms with Crippen molar-refractivity contribution in [1.29, 1.82) is 0 Å². The second kappa shape index (κ2) is 5.05. The maximum absolute atomic E-state index is 12.3. The van der Waals surface area contributed by atoms with Gasteiger partial charge in [0.1, 0.15) is 11.6 Å². The lowest BCUT2D eigenvalue weighted by Gasteiger charge is -2.08. The predicted octanol–water partition coefficient (Wildman–Crippen LogP) is 0.416. The summed E-state index contributed by atoms with van der Waals surface area (Å²) in [6.07, 6.45) is 2.28. The van der Waals surface area contributed by atoms with E-state index in [-0.39, 0.29) is 11.4 Å². The van der Waals surface area contributed by atoms with Crippen molar-refractivity contribution in [2.24, 2.45) is 7.05 Å². The Morgan fingerprint density at radius 3 is 3.00 bits per heavy atom. The number of nitrogen functional groups attached to an aromatic ring is 1. The number of benzene rings is 1. The van der Waals surface area contributed by atoms with E-state index in [1.807, 2.05) is 0 Å². The maximum Gasteiger partial charge on any atom is 0.240 e. The fourth-order valence-corrected chi connectivity index (χ4v) is 3.27. The number of aromatic nitrogens is 2. The average molecular weight is 308 g/mol. The molecule has 3 rings (SSSR count). The van der Waals surface area contributed by atoms with Crippen LogP contribution in [0.5, 0.6) is 5.75 Å². The minimum atomic E-state index is -3.59. The van der Waals surface area contributed by atoms with Crippen LogP contribution in [0.1, 0.15) is 11.1 Å². The third-order valence-electron chi connectivity index (χ3n) is 3.49. The summed E-state index contributed by atoms with van der Waals surface area (Å²) in [5.41, 5.74) is 7.35. The molecule has 0 amide bonds. The number of nitrogens with two attached hydrogens (primary N) is 1. The van der Waals surface area contributed by atoms with Crippen LogP contribution in [-0.2, 0) is 30.0 Å². The molecule has 1 aromatic carbocycles. The van der Waals surface area contributed by atoms with Crippen molar-refractivity contribution in [2.75, 3.05) is 12.3 Å². The average Bonchev–Trinajstić information content (AvgIpc) is 3.04. The van der Waals surface area contributed by atoms with Crippen molar-refractivity contribution in [3.63, 3.8) is 0 Å². The molecule has 0 unspecified atom stereocenters. The highest BCUT2D eigenvalue weighted by Crippen LogP contribution is 2.27. The zero-order chi connectivity index (χ0) is 15.0. The quantitative estimate of drug-likeness (QED) is 0.852. The van der Waals surface area contributed by atoms with Gasteiger partial charge in [-0.2, -0.15) is 5.10 Å². The van der Waals surface area contributed by atoms with Crippen LogP contribution in [0.3, 0.4) is 0 Å². The number of fused-ring (bicyclic) bond motifs is 1. The monoisotopic (exact) mass is 308 g/mol. The number of nitrogens with zero attached hydrogens (tertiary/aromatic N) is 2. The Kier molecular flexibility index (Phi) is 3.34. The number of ether oxygens (including phenoxy) is 1. The summed E-state index contributed by atoms with van der Waals surface area (Å²) in [6.45, 7) is 0.702. The molecule has 2 heterocycles. The lowest BCUT2D eigenvalue weighted by Crippen LogP contribution is -2.23. The molecule has 112 valence electrons. The lowest BCUT2D eigenvalue weighted by molar-refractivity contribution is 0.356. The van der Waals surface area contributed by atoms with Gasteiger partial charge in [-0.3, -0.25) is 4.68 Å². The third kappa shape index (κ3) is 2.59. The Morgan fingerprint density at radius 2 is 2.29 bits per heavy atom. The van der Waals surface area contributed by atoms with E-state index in [0.717, 1.165) is 17.7 Å². The normalized spacial score (nSPS) is 14.0. The van der Waals surface area contributed by atoms with Gasteiger partial charge in [0, 0.05) is 25.6 Å². The first-order valence-electron chi connectivity index (χ1n) is 6.49. The molecule has 0 bridgehead atoms. The van der Waals surface area contributed by atoms with Crippen molar-refractivity contribution in [3.8, 4) is 5.75 Å². The fourth-order valence-electron chi connectivity index (χ4n) is 2.21. The zero-order valence-electron chi connectivity index (χ0n) is 11.5. The Hall–Kier alpha value is -2.06. The third-order valence-corrected chi connectivity index (χ3v) is 4.89. The SMILES string of the molecule is Cn1ncc(CNS(=O)(=O)c2ccc3c(c2)CCO3)c1N. The van der Waals surface area contributed by atoms with Gasteiger partial charge in [-0.15, -0.1) is 0 Å². The predicted molar refractivity (Wildman–Crippen MR) is 77.3 cm³/mol. The lowest BCUT2D eigenvalue weighted by atomic mass is 10.2. The molecule has 1 aliphatic rings. The first kappa shape index (κ1) is 13.9. The van der Waals surface area contributed by atoms with Gasteiger partial charge >= 0.3 is 0 Å². The number of nitrogens with one attached hydrogen (secondary N) is 1. The van der Waals surface area contributed by atoms with Crippen LogP contribution in [0, 0.1) is 0 Å².